The fraction of sp³-hybridized carbons (Fsp3) is 0.154. The van der Waals surface area contributed by atoms with Crippen molar-refractivity contribution in [3.8, 4) is 0 Å². The molecule has 1 aliphatic rings. The Morgan fingerprint density at radius 2 is 1.93 bits per heavy atom. The van der Waals surface area contributed by atoms with E-state index < -0.39 is 0 Å². The van der Waals surface area contributed by atoms with Crippen LogP contribution in [-0.2, 0) is 4.79 Å². The second-order valence-corrected chi connectivity index (χ2v) is 3.56. The number of nitrogens with zero attached hydrogens (tertiary/aromatic N) is 1. The van der Waals surface area contributed by atoms with Crippen molar-refractivity contribution in [2.75, 3.05) is 7.05 Å². The van der Waals surface area contributed by atoms with Crippen LogP contribution >= 0.6 is 0 Å². The van der Waals surface area contributed by atoms with Crippen LogP contribution in [0.15, 0.2) is 48.7 Å². The minimum atomic E-state index is 0.122. The molecule has 0 saturated heterocycles. The minimum absolute atomic E-state index is 0.122. The van der Waals surface area contributed by atoms with Gasteiger partial charge in [0, 0.05) is 19.7 Å². The van der Waals surface area contributed by atoms with Crippen LogP contribution in [0.1, 0.15) is 12.0 Å². The third-order valence-electron chi connectivity index (χ3n) is 2.42. The monoisotopic (exact) mass is 199 g/mol. The van der Waals surface area contributed by atoms with E-state index in [1.807, 2.05) is 48.7 Å². The molecule has 1 aromatic rings. The SMILES string of the molecule is CN1C=C(c2ccccc2)C=CCC1=O. The normalized spacial score (nSPS) is 16.2. The maximum Gasteiger partial charge on any atom is 0.230 e. The zero-order chi connectivity index (χ0) is 10.7. The van der Waals surface area contributed by atoms with Crippen molar-refractivity contribution in [3.05, 3.63) is 54.2 Å². The molecule has 0 spiro atoms. The number of hydrogen-bond donors (Lipinski definition) is 0. The van der Waals surface area contributed by atoms with E-state index in [4.69, 9.17) is 0 Å². The van der Waals surface area contributed by atoms with Crippen LogP contribution in [0, 0.1) is 0 Å². The molecule has 0 aromatic heterocycles. The lowest BCUT2D eigenvalue weighted by molar-refractivity contribution is -0.126. The maximum absolute atomic E-state index is 11.4. The molecule has 2 heteroatoms. The zero-order valence-corrected chi connectivity index (χ0v) is 8.68. The van der Waals surface area contributed by atoms with Crippen LogP contribution in [0.25, 0.3) is 5.57 Å². The predicted molar refractivity (Wildman–Crippen MR) is 60.9 cm³/mol. The molecule has 1 aliphatic heterocycles. The van der Waals surface area contributed by atoms with Gasteiger partial charge in [-0.3, -0.25) is 4.79 Å². The van der Waals surface area contributed by atoms with Gasteiger partial charge in [-0.1, -0.05) is 42.5 Å². The second kappa shape index (κ2) is 4.13. The van der Waals surface area contributed by atoms with E-state index >= 15 is 0 Å². The van der Waals surface area contributed by atoms with Crippen molar-refractivity contribution in [2.45, 2.75) is 6.42 Å². The molecule has 1 aromatic carbocycles. The average molecular weight is 199 g/mol. The molecule has 0 atom stereocenters. The summed E-state index contributed by atoms with van der Waals surface area (Å²) in [5, 5.41) is 0. The molecule has 0 unspecified atom stereocenters. The first kappa shape index (κ1) is 9.71. The van der Waals surface area contributed by atoms with Crippen LogP contribution in [-0.4, -0.2) is 17.9 Å². The highest BCUT2D eigenvalue weighted by Crippen LogP contribution is 2.18. The van der Waals surface area contributed by atoms with E-state index in [2.05, 4.69) is 0 Å². The van der Waals surface area contributed by atoms with E-state index in [0.717, 1.165) is 11.1 Å². The second-order valence-electron chi connectivity index (χ2n) is 3.56. The lowest BCUT2D eigenvalue weighted by atomic mass is 10.1. The Hall–Kier alpha value is -1.83. The Bertz CT molecular complexity index is 417. The largest absolute Gasteiger partial charge is 0.321 e. The van der Waals surface area contributed by atoms with Gasteiger partial charge in [-0.15, -0.1) is 0 Å². The van der Waals surface area contributed by atoms with E-state index in [-0.39, 0.29) is 5.91 Å². The van der Waals surface area contributed by atoms with Crippen molar-refractivity contribution < 1.29 is 4.79 Å². The zero-order valence-electron chi connectivity index (χ0n) is 8.68. The van der Waals surface area contributed by atoms with Gasteiger partial charge in [-0.05, 0) is 11.1 Å². The summed E-state index contributed by atoms with van der Waals surface area (Å²) in [5.41, 5.74) is 2.21. The van der Waals surface area contributed by atoms with E-state index in [0.29, 0.717) is 6.42 Å². The topological polar surface area (TPSA) is 20.3 Å². The number of benzene rings is 1. The highest BCUT2D eigenvalue weighted by atomic mass is 16.2. The Labute approximate surface area is 89.5 Å². The van der Waals surface area contributed by atoms with Gasteiger partial charge >= 0.3 is 0 Å². The third-order valence-corrected chi connectivity index (χ3v) is 2.42. The summed E-state index contributed by atoms with van der Waals surface area (Å²) >= 11 is 0. The fourth-order valence-corrected chi connectivity index (χ4v) is 1.56. The van der Waals surface area contributed by atoms with Crippen molar-refractivity contribution in [1.29, 1.82) is 0 Å². The molecule has 0 N–H and O–H groups in total. The van der Waals surface area contributed by atoms with Crippen LogP contribution in [0.5, 0.6) is 0 Å². The van der Waals surface area contributed by atoms with Crippen molar-refractivity contribution in [2.24, 2.45) is 0 Å². The lowest BCUT2D eigenvalue weighted by Gasteiger charge is -2.10. The standard InChI is InChI=1S/C13H13NO/c1-14-10-12(8-5-9-13(14)15)11-6-3-2-4-7-11/h2-8,10H,9H2,1H3. The predicted octanol–water partition coefficient (Wildman–Crippen LogP) is 2.45. The quantitative estimate of drug-likeness (QED) is 0.680. The summed E-state index contributed by atoms with van der Waals surface area (Å²) in [6.07, 6.45) is 6.26. The van der Waals surface area contributed by atoms with Crippen molar-refractivity contribution >= 4 is 11.5 Å². The van der Waals surface area contributed by atoms with E-state index in [1.54, 1.807) is 11.9 Å². The van der Waals surface area contributed by atoms with Gasteiger partial charge < -0.3 is 4.90 Å². The van der Waals surface area contributed by atoms with Gasteiger partial charge in [0.25, 0.3) is 0 Å². The highest BCUT2D eigenvalue weighted by Gasteiger charge is 2.09. The summed E-state index contributed by atoms with van der Waals surface area (Å²) in [5.74, 6) is 0.122. The maximum atomic E-state index is 11.4. The van der Waals surface area contributed by atoms with E-state index in [9.17, 15) is 4.79 Å². The van der Waals surface area contributed by atoms with Crippen LogP contribution in [0.4, 0.5) is 0 Å². The molecule has 0 bridgehead atoms. The Kier molecular flexibility index (Phi) is 2.68. The number of allylic oxidation sites excluding steroid dienone is 2. The van der Waals surface area contributed by atoms with Gasteiger partial charge in [0.05, 0.1) is 0 Å². The molecule has 0 radical (unpaired) electrons. The Morgan fingerprint density at radius 3 is 2.67 bits per heavy atom. The molecule has 2 rings (SSSR count). The molecule has 1 amide bonds. The van der Waals surface area contributed by atoms with Crippen molar-refractivity contribution in [1.82, 2.24) is 4.90 Å². The molecule has 0 fully saturated rings. The summed E-state index contributed by atoms with van der Waals surface area (Å²) in [4.78, 5) is 13.1. The van der Waals surface area contributed by atoms with Crippen LogP contribution in [0.3, 0.4) is 0 Å². The Balaban J connectivity index is 2.36. The molecule has 0 aliphatic carbocycles. The molecular formula is C13H13NO. The average Bonchev–Trinajstić information content (AvgIpc) is 2.43. The molecular weight excluding hydrogens is 186 g/mol. The van der Waals surface area contributed by atoms with Gasteiger partial charge in [0.2, 0.25) is 5.91 Å². The summed E-state index contributed by atoms with van der Waals surface area (Å²) in [6.45, 7) is 0. The summed E-state index contributed by atoms with van der Waals surface area (Å²) < 4.78 is 0. The number of hydrogen-bond acceptors (Lipinski definition) is 1. The van der Waals surface area contributed by atoms with E-state index in [1.165, 1.54) is 0 Å². The third kappa shape index (κ3) is 2.15. The number of amides is 1. The van der Waals surface area contributed by atoms with Crippen LogP contribution in [0.2, 0.25) is 0 Å². The first-order chi connectivity index (χ1) is 7.27. The molecule has 15 heavy (non-hydrogen) atoms. The lowest BCUT2D eigenvalue weighted by Crippen LogP contribution is -2.19. The smallest absolute Gasteiger partial charge is 0.230 e. The van der Waals surface area contributed by atoms with Gasteiger partial charge in [0.1, 0.15) is 0 Å². The van der Waals surface area contributed by atoms with Gasteiger partial charge in [-0.2, -0.15) is 0 Å². The highest BCUT2D eigenvalue weighted by molar-refractivity contribution is 5.85. The fourth-order valence-electron chi connectivity index (χ4n) is 1.56. The first-order valence-electron chi connectivity index (χ1n) is 4.97. The Morgan fingerprint density at radius 1 is 1.20 bits per heavy atom. The summed E-state index contributed by atoms with van der Waals surface area (Å²) in [6, 6.07) is 10.1. The number of carbonyl (C=O) groups is 1. The molecule has 2 nitrogen and oxygen atoms in total. The van der Waals surface area contributed by atoms with Gasteiger partial charge in [-0.25, -0.2) is 0 Å². The van der Waals surface area contributed by atoms with Crippen molar-refractivity contribution in [3.63, 3.8) is 0 Å². The van der Waals surface area contributed by atoms with Crippen LogP contribution < -0.4 is 0 Å². The molecule has 0 saturated carbocycles. The van der Waals surface area contributed by atoms with Gasteiger partial charge in [0.15, 0.2) is 0 Å². The first-order valence-corrected chi connectivity index (χ1v) is 4.97. The number of rotatable bonds is 1. The molecule has 1 heterocycles. The minimum Gasteiger partial charge on any atom is -0.321 e. The molecule has 76 valence electrons. The number of carbonyl (C=O) groups excluding carboxylic acids is 1. The summed E-state index contributed by atoms with van der Waals surface area (Å²) in [7, 11) is 1.79.